The number of aromatic nitrogens is 2. The molecule has 5 heterocycles. The van der Waals surface area contributed by atoms with E-state index in [0.29, 0.717) is 44.2 Å². The highest BCUT2D eigenvalue weighted by molar-refractivity contribution is 5.72. The van der Waals surface area contributed by atoms with Crippen molar-refractivity contribution in [3.63, 3.8) is 0 Å². The molecule has 2 amide bonds. The van der Waals surface area contributed by atoms with Crippen molar-refractivity contribution in [2.45, 2.75) is 57.8 Å². The van der Waals surface area contributed by atoms with Gasteiger partial charge in [-0.2, -0.15) is 4.98 Å². The zero-order chi connectivity index (χ0) is 20.8. The summed E-state index contributed by atoms with van der Waals surface area (Å²) in [5, 5.41) is 3.60. The summed E-state index contributed by atoms with van der Waals surface area (Å²) in [6.07, 6.45) is 5.51. The SMILES string of the molecule is CC12CCC(CNc3nc(N4CCCN(C(N)=O)CC4)nc4c3COC4)(CC1)OC2. The fourth-order valence-corrected chi connectivity index (χ4v) is 5.06. The van der Waals surface area contributed by atoms with Crippen molar-refractivity contribution in [2.75, 3.05) is 49.5 Å². The van der Waals surface area contributed by atoms with Crippen LogP contribution in [-0.4, -0.2) is 65.8 Å². The largest absolute Gasteiger partial charge is 0.373 e. The number of rotatable bonds is 4. The number of fused-ring (bicyclic) bond motifs is 4. The first kappa shape index (κ1) is 19.8. The van der Waals surface area contributed by atoms with Crippen LogP contribution in [0.2, 0.25) is 0 Å². The molecule has 4 aliphatic heterocycles. The number of nitrogens with zero attached hydrogens (tertiary/aromatic N) is 4. The Morgan fingerprint density at radius 1 is 1.13 bits per heavy atom. The summed E-state index contributed by atoms with van der Waals surface area (Å²) in [7, 11) is 0. The van der Waals surface area contributed by atoms with Crippen LogP contribution in [0, 0.1) is 5.41 Å². The van der Waals surface area contributed by atoms with E-state index >= 15 is 0 Å². The average molecular weight is 417 g/mol. The summed E-state index contributed by atoms with van der Waals surface area (Å²) in [6.45, 7) is 7.75. The standard InChI is InChI=1S/C21H32N6O3/c1-20-3-5-21(6-4-20,30-14-20)13-23-17-15-11-29-12-16(15)24-19(25-17)27-8-2-7-26(9-10-27)18(22)28/h2-14H2,1H3,(H2,22,28)(H,23,24,25). The van der Waals surface area contributed by atoms with Crippen molar-refractivity contribution >= 4 is 17.8 Å². The van der Waals surface area contributed by atoms with E-state index in [2.05, 4.69) is 17.1 Å². The number of hydrogen-bond acceptors (Lipinski definition) is 7. The Morgan fingerprint density at radius 2 is 1.97 bits per heavy atom. The number of anilines is 2. The minimum atomic E-state index is -0.363. The third kappa shape index (κ3) is 3.69. The van der Waals surface area contributed by atoms with E-state index in [1.54, 1.807) is 4.90 Å². The van der Waals surface area contributed by atoms with Gasteiger partial charge in [0.1, 0.15) is 5.82 Å². The van der Waals surface area contributed by atoms with E-state index in [1.807, 2.05) is 0 Å². The third-order valence-corrected chi connectivity index (χ3v) is 7.33. The lowest BCUT2D eigenvalue weighted by Crippen LogP contribution is -2.53. The van der Waals surface area contributed by atoms with Gasteiger partial charge in [-0.05, 0) is 37.5 Å². The average Bonchev–Trinajstić information content (AvgIpc) is 3.08. The van der Waals surface area contributed by atoms with Gasteiger partial charge in [0.25, 0.3) is 0 Å². The van der Waals surface area contributed by atoms with Crippen molar-refractivity contribution in [3.05, 3.63) is 11.3 Å². The van der Waals surface area contributed by atoms with Crippen LogP contribution < -0.4 is 16.0 Å². The van der Waals surface area contributed by atoms with E-state index < -0.39 is 0 Å². The molecule has 9 nitrogen and oxygen atoms in total. The number of nitrogens with two attached hydrogens (primary N) is 1. The van der Waals surface area contributed by atoms with Crippen LogP contribution in [0.5, 0.6) is 0 Å². The predicted octanol–water partition coefficient (Wildman–Crippen LogP) is 1.86. The Bertz CT molecular complexity index is 807. The number of urea groups is 1. The van der Waals surface area contributed by atoms with Gasteiger partial charge in [-0.1, -0.05) is 6.92 Å². The highest BCUT2D eigenvalue weighted by Gasteiger charge is 2.47. The Labute approximate surface area is 177 Å². The second-order valence-electron chi connectivity index (χ2n) is 9.59. The second-order valence-corrected chi connectivity index (χ2v) is 9.59. The summed E-state index contributed by atoms with van der Waals surface area (Å²) in [6, 6.07) is -0.363. The van der Waals surface area contributed by atoms with Gasteiger partial charge < -0.3 is 30.3 Å². The quantitative estimate of drug-likeness (QED) is 0.772. The number of ether oxygens (including phenoxy) is 2. The second kappa shape index (κ2) is 7.53. The van der Waals surface area contributed by atoms with Gasteiger partial charge in [0, 0.05) is 38.3 Å². The monoisotopic (exact) mass is 416 g/mol. The molecule has 9 heteroatoms. The number of nitrogens with one attached hydrogen (secondary N) is 1. The summed E-state index contributed by atoms with van der Waals surface area (Å²) >= 11 is 0. The molecule has 0 radical (unpaired) electrons. The fourth-order valence-electron chi connectivity index (χ4n) is 5.06. The number of amides is 2. The van der Waals surface area contributed by atoms with Gasteiger partial charge in [0.15, 0.2) is 0 Å². The summed E-state index contributed by atoms with van der Waals surface area (Å²) in [4.78, 5) is 25.0. The molecule has 6 rings (SSSR count). The molecule has 1 aromatic heterocycles. The molecule has 0 aromatic carbocycles. The molecule has 30 heavy (non-hydrogen) atoms. The molecule has 164 valence electrons. The molecule has 3 saturated heterocycles. The molecule has 1 aliphatic carbocycles. The van der Waals surface area contributed by atoms with Crippen molar-refractivity contribution in [1.82, 2.24) is 14.9 Å². The van der Waals surface area contributed by atoms with Crippen LogP contribution in [0.4, 0.5) is 16.6 Å². The highest BCUT2D eigenvalue weighted by Crippen LogP contribution is 2.48. The molecular formula is C21H32N6O3. The molecule has 0 unspecified atom stereocenters. The Hall–Kier alpha value is -2.13. The van der Waals surface area contributed by atoms with Crippen molar-refractivity contribution in [2.24, 2.45) is 11.1 Å². The zero-order valence-corrected chi connectivity index (χ0v) is 17.8. The van der Waals surface area contributed by atoms with Crippen LogP contribution in [0.25, 0.3) is 0 Å². The lowest BCUT2D eigenvalue weighted by molar-refractivity contribution is -0.169. The first-order valence-corrected chi connectivity index (χ1v) is 11.1. The van der Waals surface area contributed by atoms with Crippen LogP contribution in [0.3, 0.4) is 0 Å². The van der Waals surface area contributed by atoms with Crippen LogP contribution in [-0.2, 0) is 22.7 Å². The van der Waals surface area contributed by atoms with Gasteiger partial charge in [0.05, 0.1) is 31.1 Å². The molecule has 0 spiro atoms. The van der Waals surface area contributed by atoms with Gasteiger partial charge in [-0.15, -0.1) is 0 Å². The summed E-state index contributed by atoms with van der Waals surface area (Å²) in [5.41, 5.74) is 7.76. The van der Waals surface area contributed by atoms with Gasteiger partial charge in [-0.25, -0.2) is 9.78 Å². The number of carbonyl (C=O) groups is 1. The number of primary amides is 1. The summed E-state index contributed by atoms with van der Waals surface area (Å²) < 4.78 is 12.0. The maximum Gasteiger partial charge on any atom is 0.314 e. The molecule has 2 bridgehead atoms. The van der Waals surface area contributed by atoms with E-state index in [-0.39, 0.29) is 11.6 Å². The van der Waals surface area contributed by atoms with Crippen molar-refractivity contribution < 1.29 is 14.3 Å². The fraction of sp³-hybridized carbons (Fsp3) is 0.762. The molecule has 0 atom stereocenters. The minimum Gasteiger partial charge on any atom is -0.373 e. The highest BCUT2D eigenvalue weighted by atomic mass is 16.5. The zero-order valence-electron chi connectivity index (χ0n) is 17.8. The van der Waals surface area contributed by atoms with E-state index in [1.165, 1.54) is 12.8 Å². The first-order chi connectivity index (χ1) is 14.5. The topological polar surface area (TPSA) is 106 Å². The van der Waals surface area contributed by atoms with E-state index in [9.17, 15) is 4.79 Å². The van der Waals surface area contributed by atoms with Gasteiger partial charge in [0.2, 0.25) is 5.95 Å². The predicted molar refractivity (Wildman–Crippen MR) is 112 cm³/mol. The van der Waals surface area contributed by atoms with E-state index in [4.69, 9.17) is 25.2 Å². The van der Waals surface area contributed by atoms with E-state index in [0.717, 1.165) is 56.0 Å². The lowest BCUT2D eigenvalue weighted by Gasteiger charge is -2.51. The Kier molecular flexibility index (Phi) is 4.97. The molecule has 4 fully saturated rings. The first-order valence-electron chi connectivity index (χ1n) is 11.1. The maximum atomic E-state index is 11.5. The van der Waals surface area contributed by atoms with Gasteiger partial charge >= 0.3 is 6.03 Å². The number of carbonyl (C=O) groups excluding carboxylic acids is 1. The van der Waals surface area contributed by atoms with Crippen molar-refractivity contribution in [3.8, 4) is 0 Å². The maximum absolute atomic E-state index is 11.5. The van der Waals surface area contributed by atoms with Crippen molar-refractivity contribution in [1.29, 1.82) is 0 Å². The smallest absolute Gasteiger partial charge is 0.314 e. The van der Waals surface area contributed by atoms with Crippen LogP contribution >= 0.6 is 0 Å². The van der Waals surface area contributed by atoms with Crippen LogP contribution in [0.1, 0.15) is 50.3 Å². The molecule has 1 aromatic rings. The lowest BCUT2D eigenvalue weighted by atomic mass is 9.67. The molecule has 5 aliphatic rings. The third-order valence-electron chi connectivity index (χ3n) is 7.33. The number of hydrogen-bond donors (Lipinski definition) is 2. The molecular weight excluding hydrogens is 384 g/mol. The minimum absolute atomic E-state index is 0.0835. The Morgan fingerprint density at radius 3 is 2.70 bits per heavy atom. The van der Waals surface area contributed by atoms with Gasteiger partial charge in [-0.3, -0.25) is 0 Å². The Balaban J connectivity index is 1.33. The summed E-state index contributed by atoms with van der Waals surface area (Å²) in [5.74, 6) is 1.56. The molecule has 3 N–H and O–H groups in total. The van der Waals surface area contributed by atoms with Crippen LogP contribution in [0.15, 0.2) is 0 Å². The normalized spacial score (nSPS) is 30.8. The molecule has 1 saturated carbocycles.